The van der Waals surface area contributed by atoms with Crippen molar-refractivity contribution >= 4 is 17.4 Å². The molecule has 2 aromatic heterocycles. The third-order valence-electron chi connectivity index (χ3n) is 5.03. The molecule has 0 aromatic carbocycles. The average Bonchev–Trinajstić information content (AvgIpc) is 2.76. The highest BCUT2D eigenvalue weighted by molar-refractivity contribution is 5.76. The van der Waals surface area contributed by atoms with E-state index in [4.69, 9.17) is 4.74 Å². The lowest BCUT2D eigenvalue weighted by atomic mass is 10.3. The van der Waals surface area contributed by atoms with Crippen LogP contribution in [0.1, 0.15) is 0 Å². The fourth-order valence-corrected chi connectivity index (χ4v) is 3.41. The Morgan fingerprint density at radius 1 is 1.07 bits per heavy atom. The van der Waals surface area contributed by atoms with Crippen LogP contribution in [0.15, 0.2) is 35.4 Å². The van der Waals surface area contributed by atoms with Gasteiger partial charge in [0.05, 0.1) is 25.1 Å². The van der Waals surface area contributed by atoms with E-state index in [1.165, 1.54) is 16.9 Å². The predicted molar refractivity (Wildman–Crippen MR) is 102 cm³/mol. The molecular formula is C18H23N7O3. The highest BCUT2D eigenvalue weighted by Crippen LogP contribution is 2.21. The Labute approximate surface area is 162 Å². The molecule has 0 unspecified atom stereocenters. The van der Waals surface area contributed by atoms with Crippen LogP contribution in [0.4, 0.5) is 11.5 Å². The number of aromatic nitrogens is 4. The van der Waals surface area contributed by atoms with E-state index in [0.717, 1.165) is 37.8 Å². The molecule has 28 heavy (non-hydrogen) atoms. The first kappa shape index (κ1) is 18.4. The lowest BCUT2D eigenvalue weighted by Gasteiger charge is -2.35. The molecule has 0 bridgehead atoms. The number of ether oxygens (including phenoxy) is 1. The summed E-state index contributed by atoms with van der Waals surface area (Å²) in [5, 5.41) is 12.4. The molecule has 0 atom stereocenters. The number of rotatable bonds is 4. The summed E-state index contributed by atoms with van der Waals surface area (Å²) in [7, 11) is 0. The molecule has 0 radical (unpaired) electrons. The van der Waals surface area contributed by atoms with Gasteiger partial charge in [-0.25, -0.2) is 4.68 Å². The van der Waals surface area contributed by atoms with E-state index in [-0.39, 0.29) is 18.0 Å². The van der Waals surface area contributed by atoms with Gasteiger partial charge < -0.3 is 19.4 Å². The van der Waals surface area contributed by atoms with Crippen LogP contribution in [0.5, 0.6) is 0 Å². The van der Waals surface area contributed by atoms with Gasteiger partial charge in [-0.05, 0) is 6.07 Å². The van der Waals surface area contributed by atoms with Crippen molar-refractivity contribution in [1.29, 1.82) is 0 Å². The minimum absolute atomic E-state index is 0.0357. The van der Waals surface area contributed by atoms with Crippen molar-refractivity contribution in [2.45, 2.75) is 6.54 Å². The van der Waals surface area contributed by atoms with Gasteiger partial charge in [0.15, 0.2) is 5.82 Å². The van der Waals surface area contributed by atoms with Crippen LogP contribution in [-0.2, 0) is 16.1 Å². The van der Waals surface area contributed by atoms with E-state index in [1.54, 1.807) is 17.2 Å². The van der Waals surface area contributed by atoms with Crippen LogP contribution in [0.3, 0.4) is 0 Å². The molecule has 0 aliphatic carbocycles. The summed E-state index contributed by atoms with van der Waals surface area (Å²) in [6.07, 6.45) is 3.28. The smallest absolute Gasteiger partial charge is 0.267 e. The van der Waals surface area contributed by atoms with E-state index in [0.29, 0.717) is 26.2 Å². The largest absolute Gasteiger partial charge is 0.378 e. The highest BCUT2D eigenvalue weighted by Gasteiger charge is 2.23. The maximum atomic E-state index is 12.5. The van der Waals surface area contributed by atoms with Crippen molar-refractivity contribution in [3.8, 4) is 0 Å². The standard InChI is InChI=1S/C18H23N7O3/c26-17-2-1-3-20-25(17)14-18(27)24-6-4-23(5-7-24)16-12-15(13-19-21-16)22-8-10-28-11-9-22/h1-3,12-13H,4-11,14H2. The van der Waals surface area contributed by atoms with E-state index in [1.807, 2.05) is 6.07 Å². The number of anilines is 2. The van der Waals surface area contributed by atoms with Gasteiger partial charge in [-0.1, -0.05) is 0 Å². The van der Waals surface area contributed by atoms with Gasteiger partial charge in [-0.2, -0.15) is 10.2 Å². The maximum absolute atomic E-state index is 12.5. The Balaban J connectivity index is 1.35. The molecule has 2 aliphatic heterocycles. The lowest BCUT2D eigenvalue weighted by Crippen LogP contribution is -2.50. The summed E-state index contributed by atoms with van der Waals surface area (Å²) in [5.74, 6) is 0.714. The van der Waals surface area contributed by atoms with Crippen LogP contribution >= 0.6 is 0 Å². The molecule has 148 valence electrons. The Morgan fingerprint density at radius 2 is 1.86 bits per heavy atom. The van der Waals surface area contributed by atoms with Crippen molar-refractivity contribution in [3.63, 3.8) is 0 Å². The highest BCUT2D eigenvalue weighted by atomic mass is 16.5. The predicted octanol–water partition coefficient (Wildman–Crippen LogP) is -0.781. The fourth-order valence-electron chi connectivity index (χ4n) is 3.41. The SMILES string of the molecule is O=C(Cn1ncccc1=O)N1CCN(c2cc(N3CCOCC3)cnn2)CC1. The molecule has 2 saturated heterocycles. The second kappa shape index (κ2) is 8.34. The zero-order valence-corrected chi connectivity index (χ0v) is 15.6. The van der Waals surface area contributed by atoms with Crippen LogP contribution in [0.25, 0.3) is 0 Å². The molecule has 4 heterocycles. The molecule has 1 amide bonds. The number of piperazine rings is 1. The van der Waals surface area contributed by atoms with Crippen molar-refractivity contribution < 1.29 is 9.53 Å². The third kappa shape index (κ3) is 4.11. The van der Waals surface area contributed by atoms with Gasteiger partial charge in [-0.15, -0.1) is 5.10 Å². The molecule has 2 aromatic rings. The Hall–Kier alpha value is -3.01. The van der Waals surface area contributed by atoms with Gasteiger partial charge >= 0.3 is 0 Å². The molecule has 4 rings (SSSR count). The number of nitrogens with zero attached hydrogens (tertiary/aromatic N) is 7. The summed E-state index contributed by atoms with van der Waals surface area (Å²) < 4.78 is 6.59. The number of morpholine rings is 1. The summed E-state index contributed by atoms with van der Waals surface area (Å²) >= 11 is 0. The number of amides is 1. The second-order valence-corrected chi connectivity index (χ2v) is 6.76. The first-order valence-corrected chi connectivity index (χ1v) is 9.41. The van der Waals surface area contributed by atoms with Crippen LogP contribution in [0.2, 0.25) is 0 Å². The van der Waals surface area contributed by atoms with Crippen LogP contribution in [0, 0.1) is 0 Å². The molecular weight excluding hydrogens is 362 g/mol. The van der Waals surface area contributed by atoms with E-state index < -0.39 is 0 Å². The third-order valence-corrected chi connectivity index (χ3v) is 5.03. The second-order valence-electron chi connectivity index (χ2n) is 6.76. The van der Waals surface area contributed by atoms with Crippen LogP contribution < -0.4 is 15.4 Å². The lowest BCUT2D eigenvalue weighted by molar-refractivity contribution is -0.132. The van der Waals surface area contributed by atoms with Gasteiger partial charge in [0.2, 0.25) is 5.91 Å². The zero-order chi connectivity index (χ0) is 19.3. The minimum Gasteiger partial charge on any atom is -0.378 e. The summed E-state index contributed by atoms with van der Waals surface area (Å²) in [6, 6.07) is 5.01. The van der Waals surface area contributed by atoms with Crippen molar-refractivity contribution in [2.24, 2.45) is 0 Å². The van der Waals surface area contributed by atoms with Gasteiger partial charge in [0, 0.05) is 57.6 Å². The van der Waals surface area contributed by atoms with Crippen molar-refractivity contribution in [3.05, 3.63) is 40.9 Å². The van der Waals surface area contributed by atoms with Gasteiger partial charge in [-0.3, -0.25) is 9.59 Å². The summed E-state index contributed by atoms with van der Waals surface area (Å²) in [6.45, 7) is 5.59. The Morgan fingerprint density at radius 3 is 2.61 bits per heavy atom. The quantitative estimate of drug-likeness (QED) is 0.676. The molecule has 2 aliphatic rings. The summed E-state index contributed by atoms with van der Waals surface area (Å²) in [5.41, 5.74) is 0.769. The minimum atomic E-state index is -0.273. The molecule has 2 fully saturated rings. The normalized spacial score (nSPS) is 17.6. The maximum Gasteiger partial charge on any atom is 0.267 e. The average molecular weight is 385 g/mol. The number of hydrogen-bond acceptors (Lipinski definition) is 8. The van der Waals surface area contributed by atoms with Crippen molar-refractivity contribution in [2.75, 3.05) is 62.3 Å². The zero-order valence-electron chi connectivity index (χ0n) is 15.6. The Bertz CT molecular complexity index is 873. The van der Waals surface area contributed by atoms with E-state index >= 15 is 0 Å². The molecule has 0 spiro atoms. The van der Waals surface area contributed by atoms with Gasteiger partial charge in [0.25, 0.3) is 5.56 Å². The van der Waals surface area contributed by atoms with E-state index in [9.17, 15) is 9.59 Å². The van der Waals surface area contributed by atoms with Gasteiger partial charge in [0.1, 0.15) is 6.54 Å². The number of carbonyl (C=O) groups excluding carboxylic acids is 1. The molecule has 0 N–H and O–H groups in total. The molecule has 0 saturated carbocycles. The monoisotopic (exact) mass is 385 g/mol. The molecule has 10 heteroatoms. The Kier molecular flexibility index (Phi) is 5.47. The van der Waals surface area contributed by atoms with Crippen molar-refractivity contribution in [1.82, 2.24) is 24.9 Å². The number of hydrogen-bond donors (Lipinski definition) is 0. The topological polar surface area (TPSA) is 96.7 Å². The summed E-state index contributed by atoms with van der Waals surface area (Å²) in [4.78, 5) is 30.4. The first-order valence-electron chi connectivity index (χ1n) is 9.41. The fraction of sp³-hybridized carbons (Fsp3) is 0.500. The number of carbonyl (C=O) groups is 1. The van der Waals surface area contributed by atoms with E-state index in [2.05, 4.69) is 25.1 Å². The first-order chi connectivity index (χ1) is 13.7. The van der Waals surface area contributed by atoms with Crippen LogP contribution in [-0.4, -0.2) is 83.3 Å². The molecule has 10 nitrogen and oxygen atoms in total.